The van der Waals surface area contributed by atoms with E-state index < -0.39 is 0 Å². The lowest BCUT2D eigenvalue weighted by molar-refractivity contribution is 0.597. The van der Waals surface area contributed by atoms with E-state index in [-0.39, 0.29) is 17.2 Å². The van der Waals surface area contributed by atoms with E-state index >= 15 is 0 Å². The lowest BCUT2D eigenvalue weighted by atomic mass is 10.2. The van der Waals surface area contributed by atoms with Crippen molar-refractivity contribution in [2.75, 3.05) is 0 Å². The first-order valence-corrected chi connectivity index (χ1v) is 5.92. The van der Waals surface area contributed by atoms with E-state index in [1.807, 2.05) is 0 Å². The van der Waals surface area contributed by atoms with E-state index in [9.17, 15) is 9.18 Å². The van der Waals surface area contributed by atoms with Crippen molar-refractivity contribution >= 4 is 27.3 Å². The summed E-state index contributed by atoms with van der Waals surface area (Å²) in [6.45, 7) is 0.279. The summed E-state index contributed by atoms with van der Waals surface area (Å²) in [5.74, 6) is -0.303. The van der Waals surface area contributed by atoms with Gasteiger partial charge in [-0.25, -0.2) is 4.39 Å². The van der Waals surface area contributed by atoms with Gasteiger partial charge in [0, 0.05) is 21.6 Å². The first kappa shape index (κ1) is 10.6. The van der Waals surface area contributed by atoms with Gasteiger partial charge >= 0.3 is 4.87 Å². The number of hydrogen-bond donors (Lipinski definition) is 0. The average molecular weight is 288 g/mol. The average Bonchev–Trinajstić information content (AvgIpc) is 2.57. The zero-order valence-electron chi connectivity index (χ0n) is 7.61. The molecule has 15 heavy (non-hydrogen) atoms. The van der Waals surface area contributed by atoms with Crippen LogP contribution in [0.25, 0.3) is 0 Å². The van der Waals surface area contributed by atoms with Crippen molar-refractivity contribution in [3.05, 3.63) is 55.3 Å². The highest BCUT2D eigenvalue weighted by Gasteiger charge is 2.04. The maximum atomic E-state index is 13.4. The van der Waals surface area contributed by atoms with E-state index in [1.54, 1.807) is 23.7 Å². The van der Waals surface area contributed by atoms with Gasteiger partial charge in [-0.3, -0.25) is 4.79 Å². The summed E-state index contributed by atoms with van der Waals surface area (Å²) in [6.07, 6.45) is 1.66. The van der Waals surface area contributed by atoms with Crippen LogP contribution in [0.5, 0.6) is 0 Å². The molecule has 0 N–H and O–H groups in total. The Kier molecular flexibility index (Phi) is 3.02. The monoisotopic (exact) mass is 287 g/mol. The van der Waals surface area contributed by atoms with Crippen LogP contribution in [0.2, 0.25) is 0 Å². The first-order valence-electron chi connectivity index (χ1n) is 4.24. The lowest BCUT2D eigenvalue weighted by Crippen LogP contribution is -2.13. The zero-order chi connectivity index (χ0) is 10.8. The fourth-order valence-electron chi connectivity index (χ4n) is 1.24. The van der Waals surface area contributed by atoms with Gasteiger partial charge in [0.1, 0.15) is 5.82 Å². The SMILES string of the molecule is O=c1sccn1Cc1ccc(Br)cc1F. The highest BCUT2D eigenvalue weighted by atomic mass is 79.9. The van der Waals surface area contributed by atoms with Gasteiger partial charge in [0.25, 0.3) is 0 Å². The maximum absolute atomic E-state index is 13.4. The van der Waals surface area contributed by atoms with Crippen LogP contribution < -0.4 is 4.87 Å². The summed E-state index contributed by atoms with van der Waals surface area (Å²) in [5, 5.41) is 1.69. The van der Waals surface area contributed by atoms with E-state index in [1.165, 1.54) is 10.6 Å². The van der Waals surface area contributed by atoms with Crippen LogP contribution in [0.3, 0.4) is 0 Å². The quantitative estimate of drug-likeness (QED) is 0.833. The van der Waals surface area contributed by atoms with Crippen molar-refractivity contribution < 1.29 is 4.39 Å². The van der Waals surface area contributed by atoms with Crippen molar-refractivity contribution in [2.24, 2.45) is 0 Å². The van der Waals surface area contributed by atoms with Gasteiger partial charge in [-0.05, 0) is 12.1 Å². The zero-order valence-corrected chi connectivity index (χ0v) is 10.0. The number of benzene rings is 1. The smallest absolute Gasteiger partial charge is 0.301 e. The predicted molar refractivity (Wildman–Crippen MR) is 61.8 cm³/mol. The van der Waals surface area contributed by atoms with Crippen molar-refractivity contribution in [3.63, 3.8) is 0 Å². The van der Waals surface area contributed by atoms with Crippen LogP contribution >= 0.6 is 27.3 Å². The number of aromatic nitrogens is 1. The molecule has 0 saturated carbocycles. The first-order chi connectivity index (χ1) is 7.16. The molecule has 0 amide bonds. The summed E-state index contributed by atoms with van der Waals surface area (Å²) in [7, 11) is 0. The van der Waals surface area contributed by atoms with Gasteiger partial charge in [-0.2, -0.15) is 0 Å². The molecule has 1 aromatic heterocycles. The topological polar surface area (TPSA) is 22.0 Å². The minimum atomic E-state index is -0.303. The molecule has 1 aromatic carbocycles. The molecule has 0 radical (unpaired) electrons. The molecule has 0 aliphatic rings. The Labute approximate surface area is 98.1 Å². The summed E-state index contributed by atoms with van der Waals surface area (Å²) in [5.41, 5.74) is 0.513. The maximum Gasteiger partial charge on any atom is 0.307 e. The molecule has 2 nitrogen and oxygen atoms in total. The van der Waals surface area contributed by atoms with Crippen molar-refractivity contribution in [3.8, 4) is 0 Å². The molecule has 0 spiro atoms. The molecule has 1 heterocycles. The van der Waals surface area contributed by atoms with Crippen molar-refractivity contribution in [2.45, 2.75) is 6.54 Å². The molecule has 2 rings (SSSR count). The number of rotatable bonds is 2. The second kappa shape index (κ2) is 4.28. The second-order valence-electron chi connectivity index (χ2n) is 3.03. The Balaban J connectivity index is 2.33. The van der Waals surface area contributed by atoms with E-state index in [0.29, 0.717) is 10.0 Å². The predicted octanol–water partition coefficient (Wildman–Crippen LogP) is 2.86. The Bertz CT molecular complexity index is 534. The molecule has 0 aliphatic heterocycles. The Hall–Kier alpha value is -0.940. The number of nitrogens with zero attached hydrogens (tertiary/aromatic N) is 1. The van der Waals surface area contributed by atoms with Gasteiger partial charge in [-0.15, -0.1) is 0 Å². The number of halogens is 2. The van der Waals surface area contributed by atoms with Gasteiger partial charge in [0.2, 0.25) is 0 Å². The Morgan fingerprint density at radius 1 is 1.47 bits per heavy atom. The Morgan fingerprint density at radius 2 is 2.27 bits per heavy atom. The molecule has 0 atom stereocenters. The highest BCUT2D eigenvalue weighted by molar-refractivity contribution is 9.10. The molecule has 0 bridgehead atoms. The molecule has 2 aromatic rings. The molecule has 0 aliphatic carbocycles. The van der Waals surface area contributed by atoms with Gasteiger partial charge in [0.15, 0.2) is 0 Å². The van der Waals surface area contributed by atoms with Crippen LogP contribution in [0.15, 0.2) is 39.0 Å². The van der Waals surface area contributed by atoms with E-state index in [2.05, 4.69) is 15.9 Å². The molecule has 0 fully saturated rings. The van der Waals surface area contributed by atoms with Gasteiger partial charge in [-0.1, -0.05) is 33.3 Å². The molecular weight excluding hydrogens is 281 g/mol. The van der Waals surface area contributed by atoms with Gasteiger partial charge in [0.05, 0.1) is 6.54 Å². The molecule has 0 saturated heterocycles. The minimum absolute atomic E-state index is 0.0719. The van der Waals surface area contributed by atoms with Crippen LogP contribution in [-0.4, -0.2) is 4.57 Å². The Morgan fingerprint density at radius 3 is 2.87 bits per heavy atom. The summed E-state index contributed by atoms with van der Waals surface area (Å²) in [6, 6.07) is 4.83. The van der Waals surface area contributed by atoms with Crippen molar-refractivity contribution in [1.29, 1.82) is 0 Å². The van der Waals surface area contributed by atoms with Crippen LogP contribution in [0, 0.1) is 5.82 Å². The van der Waals surface area contributed by atoms with Crippen LogP contribution in [-0.2, 0) is 6.54 Å². The molecule has 0 unspecified atom stereocenters. The number of thiazole rings is 1. The lowest BCUT2D eigenvalue weighted by Gasteiger charge is -2.03. The van der Waals surface area contributed by atoms with Gasteiger partial charge < -0.3 is 4.57 Å². The van der Waals surface area contributed by atoms with Crippen molar-refractivity contribution in [1.82, 2.24) is 4.57 Å². The van der Waals surface area contributed by atoms with Crippen LogP contribution in [0.4, 0.5) is 4.39 Å². The third kappa shape index (κ3) is 2.35. The largest absolute Gasteiger partial charge is 0.307 e. The van der Waals surface area contributed by atoms with Crippen LogP contribution in [0.1, 0.15) is 5.56 Å². The summed E-state index contributed by atoms with van der Waals surface area (Å²) < 4.78 is 15.6. The highest BCUT2D eigenvalue weighted by Crippen LogP contribution is 2.15. The summed E-state index contributed by atoms with van der Waals surface area (Å²) in [4.78, 5) is 11.2. The number of hydrogen-bond acceptors (Lipinski definition) is 2. The molecular formula is C10H7BrFNOS. The fraction of sp³-hybridized carbons (Fsp3) is 0.100. The third-order valence-corrected chi connectivity index (χ3v) is 3.19. The molecule has 5 heteroatoms. The van der Waals surface area contributed by atoms with E-state index in [4.69, 9.17) is 0 Å². The van der Waals surface area contributed by atoms with E-state index in [0.717, 1.165) is 11.3 Å². The summed E-state index contributed by atoms with van der Waals surface area (Å²) >= 11 is 4.29. The minimum Gasteiger partial charge on any atom is -0.301 e. The third-order valence-electron chi connectivity index (χ3n) is 2.00. The fourth-order valence-corrected chi connectivity index (χ4v) is 2.16. The standard InChI is InChI=1S/C10H7BrFNOS/c11-8-2-1-7(9(12)5-8)6-13-3-4-15-10(13)14/h1-5H,6H2. The second-order valence-corrected chi connectivity index (χ2v) is 4.81. The normalized spacial score (nSPS) is 10.5. The molecule has 78 valence electrons.